The van der Waals surface area contributed by atoms with Crippen LogP contribution in [-0.2, 0) is 18.6 Å². The first-order chi connectivity index (χ1) is 5.83. The molecule has 0 rings (SSSR count). The Morgan fingerprint density at radius 2 is 1.93 bits per heavy atom. The van der Waals surface area contributed by atoms with Crippen molar-refractivity contribution in [3.05, 3.63) is 12.2 Å². The summed E-state index contributed by atoms with van der Waals surface area (Å²) in [6.45, 7) is 4.22. The molecule has 0 saturated carbocycles. The average molecular weight is 218 g/mol. The van der Waals surface area contributed by atoms with E-state index >= 15 is 0 Å². The van der Waals surface area contributed by atoms with Crippen molar-refractivity contribution in [1.82, 2.24) is 0 Å². The van der Waals surface area contributed by atoms with Crippen molar-refractivity contribution >= 4 is 32.7 Å². The third-order valence-corrected chi connectivity index (χ3v) is 1.44. The van der Waals surface area contributed by atoms with Gasteiger partial charge in [-0.05, 0) is 6.92 Å². The number of hydrogen-bond acceptors (Lipinski definition) is 4. The zero-order valence-corrected chi connectivity index (χ0v) is 7.99. The van der Waals surface area contributed by atoms with E-state index in [1.165, 1.54) is 6.92 Å². The molecule has 6 nitrogen and oxygen atoms in total. The summed E-state index contributed by atoms with van der Waals surface area (Å²) in [7, 11) is -4.46. The van der Waals surface area contributed by atoms with E-state index in [0.717, 1.165) is 0 Å². The van der Waals surface area contributed by atoms with Crippen molar-refractivity contribution in [2.45, 2.75) is 6.92 Å². The molecule has 0 amide bonds. The average Bonchev–Trinajstić information content (AvgIpc) is 1.95. The summed E-state index contributed by atoms with van der Waals surface area (Å²) in [5.41, 5.74) is 0.219. The van der Waals surface area contributed by atoms with Gasteiger partial charge in [0.25, 0.3) is 0 Å². The van der Waals surface area contributed by atoms with Crippen LogP contribution in [-0.4, -0.2) is 47.8 Å². The predicted octanol–water partition coefficient (Wildman–Crippen LogP) is -0.434. The maximum absolute atomic E-state index is 10.7. The summed E-state index contributed by atoms with van der Waals surface area (Å²) < 4.78 is 18.6. The molecule has 0 bridgehead atoms. The Bertz CT molecular complexity index is 247. The molecule has 0 aliphatic rings. The quantitative estimate of drug-likeness (QED) is 0.214. The molecule has 0 unspecified atom stereocenters. The van der Waals surface area contributed by atoms with Crippen molar-refractivity contribution in [3.8, 4) is 0 Å². The van der Waals surface area contributed by atoms with Gasteiger partial charge in [0, 0.05) is 5.57 Å². The molecule has 0 aromatic carbocycles. The van der Waals surface area contributed by atoms with Gasteiger partial charge in [0.05, 0.1) is 6.61 Å². The van der Waals surface area contributed by atoms with E-state index in [0.29, 0.717) is 0 Å². The minimum absolute atomic E-state index is 0. The minimum atomic E-state index is -4.46. The monoisotopic (exact) mass is 218 g/mol. The van der Waals surface area contributed by atoms with Gasteiger partial charge in [-0.25, -0.2) is 9.36 Å². The first-order valence-corrected chi connectivity index (χ1v) is 4.88. The second kappa shape index (κ2) is 7.24. The van der Waals surface area contributed by atoms with Crippen LogP contribution in [0.4, 0.5) is 0 Å². The summed E-state index contributed by atoms with van der Waals surface area (Å²) in [6, 6.07) is 0. The number of esters is 1. The molecule has 0 radical (unpaired) electrons. The van der Waals surface area contributed by atoms with Gasteiger partial charge >= 0.3 is 32.7 Å². The van der Waals surface area contributed by atoms with E-state index in [9.17, 15) is 9.36 Å². The van der Waals surface area contributed by atoms with Gasteiger partial charge in [0.1, 0.15) is 6.61 Å². The second-order valence-electron chi connectivity index (χ2n) is 2.24. The Morgan fingerprint density at radius 3 is 2.29 bits per heavy atom. The van der Waals surface area contributed by atoms with Crippen molar-refractivity contribution in [3.63, 3.8) is 0 Å². The molecule has 0 aromatic rings. The first kappa shape index (κ1) is 16.4. The summed E-state index contributed by atoms with van der Waals surface area (Å²) in [5.74, 6) is -0.616. The molecule has 0 aliphatic heterocycles. The fourth-order valence-corrected chi connectivity index (χ4v) is 0.726. The van der Waals surface area contributed by atoms with E-state index < -0.39 is 13.8 Å². The van der Waals surface area contributed by atoms with Gasteiger partial charge in [0.2, 0.25) is 0 Å². The Balaban J connectivity index is 0. The van der Waals surface area contributed by atoms with E-state index in [1.54, 1.807) is 0 Å². The Labute approximate surface area is 93.7 Å². The van der Waals surface area contributed by atoms with Crippen molar-refractivity contribution in [1.29, 1.82) is 0 Å². The number of hydrogen-bond donors (Lipinski definition) is 2. The van der Waals surface area contributed by atoms with Crippen molar-refractivity contribution < 1.29 is 28.4 Å². The van der Waals surface area contributed by atoms with Crippen LogP contribution in [0.1, 0.15) is 6.92 Å². The van der Waals surface area contributed by atoms with Crippen LogP contribution in [0.3, 0.4) is 0 Å². The van der Waals surface area contributed by atoms with E-state index in [2.05, 4.69) is 15.8 Å². The van der Waals surface area contributed by atoms with Gasteiger partial charge < -0.3 is 14.5 Å². The normalized spacial score (nSPS) is 10.2. The Hall–Kier alpha value is -0.0826. The number of phosphoric acid groups is 1. The standard InChI is InChI=1S/C6H11O6P.Li.H/c1-5(2)6(7)11-3-4-12-13(8,9)10;;/h1,3-4H2,2H3,(H2,8,9,10);;. The molecule has 0 spiro atoms. The number of phosphoric ester groups is 1. The predicted molar refractivity (Wildman–Crippen MR) is 50.9 cm³/mol. The van der Waals surface area contributed by atoms with Crippen LogP contribution in [0.2, 0.25) is 0 Å². The number of rotatable bonds is 5. The van der Waals surface area contributed by atoms with Crippen molar-refractivity contribution in [2.24, 2.45) is 0 Å². The van der Waals surface area contributed by atoms with Gasteiger partial charge in [-0.15, -0.1) is 0 Å². The molecular formula is C6H12LiO6P. The molecule has 2 N–H and O–H groups in total. The van der Waals surface area contributed by atoms with Crippen LogP contribution >= 0.6 is 7.82 Å². The molecule has 0 fully saturated rings. The topological polar surface area (TPSA) is 93.1 Å². The summed E-state index contributed by atoms with van der Waals surface area (Å²) >= 11 is 0. The van der Waals surface area contributed by atoms with E-state index in [1.807, 2.05) is 0 Å². The summed E-state index contributed by atoms with van der Waals surface area (Å²) in [6.07, 6.45) is 0. The van der Waals surface area contributed by atoms with Crippen LogP contribution < -0.4 is 0 Å². The molecule has 0 aromatic heterocycles. The molecule has 14 heavy (non-hydrogen) atoms. The van der Waals surface area contributed by atoms with Crippen LogP contribution in [0, 0.1) is 0 Å². The molecule has 8 heteroatoms. The van der Waals surface area contributed by atoms with Crippen LogP contribution in [0.25, 0.3) is 0 Å². The molecule has 0 atom stereocenters. The zero-order chi connectivity index (χ0) is 10.5. The molecular weight excluding hydrogens is 206 g/mol. The number of carbonyl (C=O) groups excluding carboxylic acids is 1. The number of carbonyl (C=O) groups is 1. The Kier molecular flexibility index (Phi) is 8.46. The Morgan fingerprint density at radius 1 is 1.43 bits per heavy atom. The van der Waals surface area contributed by atoms with Crippen LogP contribution in [0.15, 0.2) is 12.2 Å². The number of ether oxygens (including phenoxy) is 1. The zero-order valence-electron chi connectivity index (χ0n) is 7.10. The van der Waals surface area contributed by atoms with Gasteiger partial charge in [-0.1, -0.05) is 6.58 Å². The molecule has 0 saturated heterocycles. The fourth-order valence-electron chi connectivity index (χ4n) is 0.414. The fraction of sp³-hybridized carbons (Fsp3) is 0.500. The summed E-state index contributed by atoms with van der Waals surface area (Å²) in [4.78, 5) is 27.1. The maximum atomic E-state index is 10.7. The van der Waals surface area contributed by atoms with Gasteiger partial charge in [-0.3, -0.25) is 4.52 Å². The van der Waals surface area contributed by atoms with Gasteiger partial charge in [0.15, 0.2) is 0 Å². The first-order valence-electron chi connectivity index (χ1n) is 3.35. The third kappa shape index (κ3) is 10.0. The third-order valence-electron chi connectivity index (χ3n) is 0.924. The molecule has 78 valence electrons. The van der Waals surface area contributed by atoms with Crippen LogP contribution in [0.5, 0.6) is 0 Å². The van der Waals surface area contributed by atoms with Crippen molar-refractivity contribution in [2.75, 3.05) is 13.2 Å². The molecule has 0 heterocycles. The summed E-state index contributed by atoms with van der Waals surface area (Å²) in [5, 5.41) is 0. The SMILES string of the molecule is C=C(C)C(=O)OCCOP(=O)(O)O.[LiH]. The van der Waals surface area contributed by atoms with Gasteiger partial charge in [-0.2, -0.15) is 0 Å². The molecule has 0 aliphatic carbocycles. The van der Waals surface area contributed by atoms with E-state index in [-0.39, 0.29) is 37.6 Å². The second-order valence-corrected chi connectivity index (χ2v) is 3.48. The van der Waals surface area contributed by atoms with E-state index in [4.69, 9.17) is 9.79 Å².